The lowest BCUT2D eigenvalue weighted by molar-refractivity contribution is -0.135. The highest BCUT2D eigenvalue weighted by Gasteiger charge is 2.29. The van der Waals surface area contributed by atoms with E-state index in [2.05, 4.69) is 6.92 Å². The van der Waals surface area contributed by atoms with Crippen LogP contribution in [0.15, 0.2) is 54.6 Å². The Morgan fingerprint density at radius 2 is 1.77 bits per heavy atom. The van der Waals surface area contributed by atoms with Crippen LogP contribution in [0.5, 0.6) is 5.75 Å². The molecule has 0 bridgehead atoms. The van der Waals surface area contributed by atoms with E-state index in [-0.39, 0.29) is 30.5 Å². The molecule has 2 aromatic rings. The van der Waals surface area contributed by atoms with Gasteiger partial charge >= 0.3 is 0 Å². The van der Waals surface area contributed by atoms with Crippen LogP contribution in [0.1, 0.15) is 31.4 Å². The van der Waals surface area contributed by atoms with E-state index in [0.29, 0.717) is 18.6 Å². The molecule has 3 atom stereocenters. The van der Waals surface area contributed by atoms with Gasteiger partial charge in [0, 0.05) is 19.1 Å². The third kappa shape index (κ3) is 9.99. The summed E-state index contributed by atoms with van der Waals surface area (Å²) in [4.78, 5) is 14.8. The first-order valence-electron chi connectivity index (χ1n) is 11.9. The fourth-order valence-corrected chi connectivity index (χ4v) is 5.49. The summed E-state index contributed by atoms with van der Waals surface area (Å²) in [6.45, 7) is 7.90. The van der Waals surface area contributed by atoms with Crippen LogP contribution in [-0.2, 0) is 27.6 Å². The Hall–Kier alpha value is -2.42. The summed E-state index contributed by atoms with van der Waals surface area (Å²) < 4.78 is 30.4. The van der Waals surface area contributed by atoms with Crippen molar-refractivity contribution < 1.29 is 23.1 Å². The van der Waals surface area contributed by atoms with Crippen LogP contribution < -0.4 is 10.5 Å². The van der Waals surface area contributed by atoms with Crippen molar-refractivity contribution in [1.29, 1.82) is 0 Å². The summed E-state index contributed by atoms with van der Waals surface area (Å²) in [6.07, 6.45) is -0.0285. The van der Waals surface area contributed by atoms with Gasteiger partial charge in [0.25, 0.3) is 0 Å². The molecule has 2 aromatic carbocycles. The second-order valence-corrected chi connectivity index (χ2v) is 11.7. The molecule has 0 spiro atoms. The number of amides is 1. The molecule has 2 rings (SSSR count). The number of benzene rings is 2. The number of hydrogen-bond donors (Lipinski definition) is 2. The van der Waals surface area contributed by atoms with Gasteiger partial charge < -0.3 is 20.5 Å². The van der Waals surface area contributed by atoms with Gasteiger partial charge in [-0.2, -0.15) is 0 Å². The average molecular weight is 504 g/mol. The first-order chi connectivity index (χ1) is 16.5. The van der Waals surface area contributed by atoms with E-state index in [9.17, 15) is 18.3 Å². The Balaban J connectivity index is 2.17. The number of nitrogens with two attached hydrogens (primary N) is 1. The van der Waals surface area contributed by atoms with Crippen LogP contribution in [-0.4, -0.2) is 61.6 Å². The minimum absolute atomic E-state index is 0.0183. The molecule has 8 heteroatoms. The lowest BCUT2D eigenvalue weighted by atomic mass is 10.0. The van der Waals surface area contributed by atoms with Crippen molar-refractivity contribution in [3.05, 3.63) is 72.6 Å². The standard InChI is InChI=1S/C27H39N2O5S/c1-20(2)13-14-35(32,33)19-21(3)27(31)29(17-23-11-8-12-24(15-23)34-4)18-26(30)25(28)16-22-9-6-5-7-10-22/h5-12,15,20-21,25-26,30H,3,13-14,16-19,28H2,1-2,4H3/t21-,25+,26-/m1/s1. The first-order valence-corrected chi connectivity index (χ1v) is 13.8. The number of nitrogens with zero attached hydrogens (tertiary/aromatic N) is 1. The second-order valence-electron chi connectivity index (χ2n) is 9.49. The maximum absolute atomic E-state index is 13.4. The van der Waals surface area contributed by atoms with Crippen LogP contribution in [0.25, 0.3) is 0 Å². The maximum Gasteiger partial charge on any atom is 0.227 e. The molecular formula is C27H39N2O5S. The number of carbonyl (C=O) groups is 1. The molecule has 0 unspecified atom stereocenters. The molecule has 0 aliphatic rings. The van der Waals surface area contributed by atoms with Gasteiger partial charge in [-0.25, -0.2) is 8.42 Å². The summed E-state index contributed by atoms with van der Waals surface area (Å²) in [7, 11) is -1.88. The van der Waals surface area contributed by atoms with Crippen molar-refractivity contribution in [3.63, 3.8) is 0 Å². The van der Waals surface area contributed by atoms with Crippen molar-refractivity contribution in [2.24, 2.45) is 17.6 Å². The van der Waals surface area contributed by atoms with Crippen molar-refractivity contribution in [2.75, 3.05) is 25.2 Å². The second kappa shape index (κ2) is 13.6. The highest BCUT2D eigenvalue weighted by Crippen LogP contribution is 2.18. The molecule has 0 heterocycles. The molecule has 1 radical (unpaired) electrons. The number of hydrogen-bond acceptors (Lipinski definition) is 6. The smallest absolute Gasteiger partial charge is 0.227 e. The molecule has 0 aliphatic carbocycles. The molecule has 0 saturated carbocycles. The fraction of sp³-hybridized carbons (Fsp3) is 0.481. The third-order valence-electron chi connectivity index (χ3n) is 5.85. The van der Waals surface area contributed by atoms with E-state index >= 15 is 0 Å². The van der Waals surface area contributed by atoms with Crippen molar-refractivity contribution in [1.82, 2.24) is 4.90 Å². The minimum Gasteiger partial charge on any atom is -0.497 e. The number of rotatable bonds is 14. The fourth-order valence-electron chi connectivity index (χ4n) is 3.74. The predicted molar refractivity (Wildman–Crippen MR) is 139 cm³/mol. The third-order valence-corrected chi connectivity index (χ3v) is 7.61. The highest BCUT2D eigenvalue weighted by atomic mass is 32.2. The van der Waals surface area contributed by atoms with Gasteiger partial charge in [-0.15, -0.1) is 0 Å². The zero-order valence-electron chi connectivity index (χ0n) is 21.0. The molecule has 0 aromatic heterocycles. The summed E-state index contributed by atoms with van der Waals surface area (Å²) in [5.41, 5.74) is 8.03. The van der Waals surface area contributed by atoms with Crippen molar-refractivity contribution >= 4 is 15.7 Å². The van der Waals surface area contributed by atoms with Gasteiger partial charge in [0.2, 0.25) is 5.91 Å². The van der Waals surface area contributed by atoms with Gasteiger partial charge in [0.1, 0.15) is 5.75 Å². The molecule has 0 saturated heterocycles. The quantitative estimate of drug-likeness (QED) is 0.410. The number of aliphatic hydroxyl groups excluding tert-OH is 1. The minimum atomic E-state index is -3.44. The Morgan fingerprint density at radius 3 is 2.40 bits per heavy atom. The molecule has 3 N–H and O–H groups in total. The number of sulfone groups is 1. The van der Waals surface area contributed by atoms with Crippen LogP contribution in [0.2, 0.25) is 0 Å². The SMILES string of the molecule is [CH2][C@H](CS(=O)(=O)CCC(C)C)C(=O)N(Cc1cccc(OC)c1)C[C@@H](O)[C@@H](N)Cc1ccccc1. The lowest BCUT2D eigenvalue weighted by Crippen LogP contribution is -2.48. The first kappa shape index (κ1) is 28.8. The molecule has 193 valence electrons. The number of carbonyl (C=O) groups excluding carboxylic acids is 1. The summed E-state index contributed by atoms with van der Waals surface area (Å²) in [5, 5.41) is 10.9. The summed E-state index contributed by atoms with van der Waals surface area (Å²) >= 11 is 0. The molecule has 35 heavy (non-hydrogen) atoms. The van der Waals surface area contributed by atoms with Crippen LogP contribution in [0.4, 0.5) is 0 Å². The Labute approximate surface area is 210 Å². The van der Waals surface area contributed by atoms with E-state index in [4.69, 9.17) is 10.5 Å². The number of methoxy groups -OCH3 is 1. The van der Waals surface area contributed by atoms with Gasteiger partial charge in [-0.05, 0) is 48.9 Å². The van der Waals surface area contributed by atoms with E-state index < -0.39 is 33.8 Å². The van der Waals surface area contributed by atoms with Gasteiger partial charge in [0.15, 0.2) is 9.84 Å². The largest absolute Gasteiger partial charge is 0.497 e. The van der Waals surface area contributed by atoms with Gasteiger partial charge in [-0.3, -0.25) is 4.79 Å². The maximum atomic E-state index is 13.4. The zero-order valence-corrected chi connectivity index (χ0v) is 21.8. The number of aliphatic hydroxyl groups is 1. The van der Waals surface area contributed by atoms with E-state index in [1.807, 2.05) is 56.3 Å². The number of ether oxygens (including phenoxy) is 1. The van der Waals surface area contributed by atoms with Crippen LogP contribution in [0.3, 0.4) is 0 Å². The van der Waals surface area contributed by atoms with Crippen LogP contribution >= 0.6 is 0 Å². The Kier molecular flexibility index (Phi) is 11.2. The summed E-state index contributed by atoms with van der Waals surface area (Å²) in [5.74, 6) is -0.862. The molecule has 0 fully saturated rings. The molecule has 1 amide bonds. The molecular weight excluding hydrogens is 464 g/mol. The lowest BCUT2D eigenvalue weighted by Gasteiger charge is -2.30. The predicted octanol–water partition coefficient (Wildman–Crippen LogP) is 2.87. The molecule has 7 nitrogen and oxygen atoms in total. The normalized spacial score (nSPS) is 14.4. The van der Waals surface area contributed by atoms with E-state index in [1.165, 1.54) is 4.90 Å². The van der Waals surface area contributed by atoms with E-state index in [0.717, 1.165) is 11.1 Å². The Bertz CT molecular complexity index is 1030. The van der Waals surface area contributed by atoms with Crippen molar-refractivity contribution in [3.8, 4) is 5.75 Å². The topological polar surface area (TPSA) is 110 Å². The van der Waals surface area contributed by atoms with Gasteiger partial charge in [0.05, 0.1) is 30.6 Å². The van der Waals surface area contributed by atoms with Gasteiger partial charge in [-0.1, -0.05) is 56.3 Å². The van der Waals surface area contributed by atoms with Crippen LogP contribution in [0, 0.1) is 18.8 Å². The Morgan fingerprint density at radius 1 is 1.11 bits per heavy atom. The van der Waals surface area contributed by atoms with E-state index in [1.54, 1.807) is 19.2 Å². The zero-order chi connectivity index (χ0) is 26.0. The highest BCUT2D eigenvalue weighted by molar-refractivity contribution is 7.91. The monoisotopic (exact) mass is 503 g/mol. The molecule has 0 aliphatic heterocycles. The van der Waals surface area contributed by atoms with Crippen molar-refractivity contribution in [2.45, 2.75) is 45.4 Å². The summed E-state index contributed by atoms with van der Waals surface area (Å²) in [6, 6.07) is 16.2. The average Bonchev–Trinajstić information content (AvgIpc) is 2.82.